The van der Waals surface area contributed by atoms with Crippen LogP contribution in [0.1, 0.15) is 35.2 Å². The smallest absolute Gasteiger partial charge is 0.253 e. The van der Waals surface area contributed by atoms with E-state index in [1.807, 2.05) is 25.1 Å². The zero-order valence-electron chi connectivity index (χ0n) is 11.7. The average molecular weight is 271 g/mol. The standard InChI is InChI=1S/C16H21N3O/c1-8-2-5-12(19-17)11(6-8)16(20)18-15-13-9-3-4-10(7-9)14(13)15/h2,5-6,9-10,13-15,19H,3-4,7,17H2,1H3,(H,18,20). The van der Waals surface area contributed by atoms with Gasteiger partial charge in [-0.05, 0) is 62.0 Å². The number of nitrogens with two attached hydrogens (primary N) is 1. The van der Waals surface area contributed by atoms with Gasteiger partial charge in [-0.3, -0.25) is 10.6 Å². The molecule has 2 bridgehead atoms. The van der Waals surface area contributed by atoms with Crippen molar-refractivity contribution in [3.8, 4) is 0 Å². The molecule has 0 heterocycles. The van der Waals surface area contributed by atoms with Crippen molar-refractivity contribution in [2.45, 2.75) is 32.2 Å². The van der Waals surface area contributed by atoms with E-state index in [4.69, 9.17) is 5.84 Å². The molecule has 0 aliphatic heterocycles. The molecule has 4 N–H and O–H groups in total. The van der Waals surface area contributed by atoms with Gasteiger partial charge in [-0.25, -0.2) is 0 Å². The molecular weight excluding hydrogens is 250 g/mol. The molecule has 4 rings (SSSR count). The van der Waals surface area contributed by atoms with Crippen molar-refractivity contribution in [2.24, 2.45) is 29.5 Å². The molecule has 3 aliphatic rings. The first-order chi connectivity index (χ1) is 9.69. The number of hydrogen-bond donors (Lipinski definition) is 3. The number of rotatable bonds is 3. The molecule has 1 amide bonds. The molecule has 0 spiro atoms. The fourth-order valence-electron chi connectivity index (χ4n) is 4.72. The summed E-state index contributed by atoms with van der Waals surface area (Å²) in [5.41, 5.74) is 5.04. The van der Waals surface area contributed by atoms with Gasteiger partial charge in [-0.2, -0.15) is 0 Å². The molecule has 3 aliphatic carbocycles. The van der Waals surface area contributed by atoms with Gasteiger partial charge in [0.05, 0.1) is 11.3 Å². The van der Waals surface area contributed by atoms with E-state index in [1.165, 1.54) is 19.3 Å². The number of benzene rings is 1. The Hall–Kier alpha value is -1.55. The van der Waals surface area contributed by atoms with Gasteiger partial charge in [0.15, 0.2) is 0 Å². The maximum atomic E-state index is 12.5. The van der Waals surface area contributed by atoms with Crippen LogP contribution in [0.4, 0.5) is 5.69 Å². The molecule has 0 radical (unpaired) electrons. The molecular formula is C16H21N3O. The van der Waals surface area contributed by atoms with E-state index in [0.29, 0.717) is 17.3 Å². The molecule has 4 heteroatoms. The summed E-state index contributed by atoms with van der Waals surface area (Å²) in [6, 6.07) is 6.14. The molecule has 4 nitrogen and oxygen atoms in total. The van der Waals surface area contributed by atoms with Crippen molar-refractivity contribution in [2.75, 3.05) is 5.43 Å². The molecule has 3 saturated carbocycles. The predicted octanol–water partition coefficient (Wildman–Crippen LogP) is 2.05. The Morgan fingerprint density at radius 2 is 1.95 bits per heavy atom. The molecule has 4 atom stereocenters. The van der Waals surface area contributed by atoms with Gasteiger partial charge < -0.3 is 10.7 Å². The Balaban J connectivity index is 1.50. The summed E-state index contributed by atoms with van der Waals surface area (Å²) in [6.45, 7) is 1.99. The third-order valence-electron chi connectivity index (χ3n) is 5.61. The van der Waals surface area contributed by atoms with E-state index in [1.54, 1.807) is 0 Å². The van der Waals surface area contributed by atoms with Crippen molar-refractivity contribution in [1.82, 2.24) is 5.32 Å². The molecule has 20 heavy (non-hydrogen) atoms. The maximum Gasteiger partial charge on any atom is 0.253 e. The second kappa shape index (κ2) is 4.22. The Morgan fingerprint density at radius 3 is 2.60 bits per heavy atom. The van der Waals surface area contributed by atoms with Gasteiger partial charge in [-0.15, -0.1) is 0 Å². The SMILES string of the molecule is Cc1ccc(NN)c(C(=O)NC2C3C4CCC(C4)C23)c1. The Labute approximate surface area is 119 Å². The molecule has 4 unspecified atom stereocenters. The van der Waals surface area contributed by atoms with Gasteiger partial charge >= 0.3 is 0 Å². The minimum Gasteiger partial charge on any atom is -0.349 e. The van der Waals surface area contributed by atoms with Crippen LogP contribution in [0.2, 0.25) is 0 Å². The normalized spacial score (nSPS) is 36.6. The van der Waals surface area contributed by atoms with Crippen LogP contribution in [0.15, 0.2) is 18.2 Å². The highest BCUT2D eigenvalue weighted by Crippen LogP contribution is 2.65. The molecule has 0 aromatic heterocycles. The van der Waals surface area contributed by atoms with Gasteiger partial charge in [-0.1, -0.05) is 11.6 Å². The topological polar surface area (TPSA) is 67.1 Å². The Bertz CT molecular complexity index is 555. The lowest BCUT2D eigenvalue weighted by Gasteiger charge is -2.13. The zero-order valence-corrected chi connectivity index (χ0v) is 11.7. The first kappa shape index (κ1) is 12.2. The van der Waals surface area contributed by atoms with Gasteiger partial charge in [0.2, 0.25) is 0 Å². The van der Waals surface area contributed by atoms with E-state index >= 15 is 0 Å². The second-order valence-electron chi connectivity index (χ2n) is 6.68. The van der Waals surface area contributed by atoms with Crippen molar-refractivity contribution in [1.29, 1.82) is 0 Å². The third-order valence-corrected chi connectivity index (χ3v) is 5.61. The summed E-state index contributed by atoms with van der Waals surface area (Å²) < 4.78 is 0. The minimum atomic E-state index is 0.0143. The zero-order chi connectivity index (χ0) is 13.9. The van der Waals surface area contributed by atoms with Gasteiger partial charge in [0.1, 0.15) is 0 Å². The van der Waals surface area contributed by atoms with E-state index < -0.39 is 0 Å². The Kier molecular flexibility index (Phi) is 2.58. The summed E-state index contributed by atoms with van der Waals surface area (Å²) in [4.78, 5) is 12.5. The number of aryl methyl sites for hydroxylation is 1. The quantitative estimate of drug-likeness (QED) is 0.582. The summed E-state index contributed by atoms with van der Waals surface area (Å²) in [5.74, 6) is 8.79. The predicted molar refractivity (Wildman–Crippen MR) is 78.1 cm³/mol. The Morgan fingerprint density at radius 1 is 1.25 bits per heavy atom. The van der Waals surface area contributed by atoms with E-state index in [2.05, 4.69) is 10.7 Å². The number of amides is 1. The van der Waals surface area contributed by atoms with Crippen LogP contribution >= 0.6 is 0 Å². The lowest BCUT2D eigenvalue weighted by Crippen LogP contribution is -2.31. The fourth-order valence-corrected chi connectivity index (χ4v) is 4.72. The van der Waals surface area contributed by atoms with E-state index in [0.717, 1.165) is 29.2 Å². The van der Waals surface area contributed by atoms with Crippen LogP contribution in [0.3, 0.4) is 0 Å². The minimum absolute atomic E-state index is 0.0143. The van der Waals surface area contributed by atoms with Crippen LogP contribution < -0.4 is 16.6 Å². The van der Waals surface area contributed by atoms with Crippen LogP contribution in [0, 0.1) is 30.6 Å². The van der Waals surface area contributed by atoms with Crippen LogP contribution in [-0.2, 0) is 0 Å². The largest absolute Gasteiger partial charge is 0.349 e. The van der Waals surface area contributed by atoms with Gasteiger partial charge in [0.25, 0.3) is 5.91 Å². The molecule has 1 aromatic rings. The number of hydrogen-bond acceptors (Lipinski definition) is 3. The van der Waals surface area contributed by atoms with E-state index in [-0.39, 0.29) is 5.91 Å². The summed E-state index contributed by atoms with van der Waals surface area (Å²) in [6.07, 6.45) is 4.15. The first-order valence-corrected chi connectivity index (χ1v) is 7.57. The molecule has 3 fully saturated rings. The number of anilines is 1. The number of carbonyl (C=O) groups excluding carboxylic acids is 1. The molecule has 1 aromatic carbocycles. The summed E-state index contributed by atoms with van der Waals surface area (Å²) >= 11 is 0. The highest BCUT2D eigenvalue weighted by Gasteiger charge is 2.65. The summed E-state index contributed by atoms with van der Waals surface area (Å²) in [7, 11) is 0. The first-order valence-electron chi connectivity index (χ1n) is 7.57. The van der Waals surface area contributed by atoms with Crippen LogP contribution in [-0.4, -0.2) is 11.9 Å². The highest BCUT2D eigenvalue weighted by molar-refractivity contribution is 6.00. The maximum absolute atomic E-state index is 12.5. The number of hydrazine groups is 1. The third kappa shape index (κ3) is 1.67. The summed E-state index contributed by atoms with van der Waals surface area (Å²) in [5, 5.41) is 3.24. The number of carbonyl (C=O) groups is 1. The highest BCUT2D eigenvalue weighted by atomic mass is 16.1. The fraction of sp³-hybridized carbons (Fsp3) is 0.562. The number of nitrogen functional groups attached to an aromatic ring is 1. The lowest BCUT2D eigenvalue weighted by molar-refractivity contribution is 0.0945. The van der Waals surface area contributed by atoms with E-state index in [9.17, 15) is 4.79 Å². The van der Waals surface area contributed by atoms with Gasteiger partial charge in [0, 0.05) is 6.04 Å². The second-order valence-corrected chi connectivity index (χ2v) is 6.68. The van der Waals surface area contributed by atoms with Crippen molar-refractivity contribution in [3.05, 3.63) is 29.3 Å². The van der Waals surface area contributed by atoms with Crippen molar-refractivity contribution >= 4 is 11.6 Å². The van der Waals surface area contributed by atoms with Crippen LogP contribution in [0.5, 0.6) is 0 Å². The molecule has 0 saturated heterocycles. The number of fused-ring (bicyclic) bond motifs is 5. The number of nitrogens with one attached hydrogen (secondary N) is 2. The lowest BCUT2D eigenvalue weighted by atomic mass is 10.0. The van der Waals surface area contributed by atoms with Crippen LogP contribution in [0.25, 0.3) is 0 Å². The van der Waals surface area contributed by atoms with Crippen molar-refractivity contribution < 1.29 is 4.79 Å². The average Bonchev–Trinajstić information content (AvgIpc) is 2.84. The van der Waals surface area contributed by atoms with Crippen molar-refractivity contribution in [3.63, 3.8) is 0 Å². The monoisotopic (exact) mass is 271 g/mol. The molecule has 106 valence electrons.